The van der Waals surface area contributed by atoms with Gasteiger partial charge in [-0.1, -0.05) is 49.4 Å². The lowest BCUT2D eigenvalue weighted by molar-refractivity contribution is 0.0216. The Morgan fingerprint density at radius 2 is 1.87 bits per heavy atom. The molecular weight excluding hydrogens is 585 g/mol. The maximum absolute atomic E-state index is 15.0. The Labute approximate surface area is 273 Å². The largest absolute Gasteiger partial charge is 0.309 e. The number of alkyl halides is 1. The van der Waals surface area contributed by atoms with E-state index in [-0.39, 0.29) is 23.0 Å². The minimum atomic E-state index is -0.169. The van der Waals surface area contributed by atoms with Crippen LogP contribution >= 0.6 is 11.6 Å². The van der Waals surface area contributed by atoms with Gasteiger partial charge in [-0.15, -0.1) is 11.6 Å². The highest BCUT2D eigenvalue weighted by Gasteiger charge is 2.32. The van der Waals surface area contributed by atoms with Gasteiger partial charge in [0.05, 0.1) is 17.7 Å². The molecule has 2 unspecified atom stereocenters. The van der Waals surface area contributed by atoms with Crippen LogP contribution in [0.5, 0.6) is 0 Å². The first kappa shape index (κ1) is 33.3. The summed E-state index contributed by atoms with van der Waals surface area (Å²) in [6, 6.07) is 14.9. The van der Waals surface area contributed by atoms with E-state index < -0.39 is 0 Å². The first-order chi connectivity index (χ1) is 21.6. The van der Waals surface area contributed by atoms with Crippen molar-refractivity contribution in [1.29, 1.82) is 0 Å². The number of allylic oxidation sites excluding steroid dienone is 4. The second-order valence-corrected chi connectivity index (χ2v) is 13.6. The minimum Gasteiger partial charge on any atom is -0.309 e. The molecule has 2 aliphatic carbocycles. The van der Waals surface area contributed by atoms with E-state index >= 15 is 0 Å². The van der Waals surface area contributed by atoms with Crippen LogP contribution in [-0.2, 0) is 6.42 Å². The topological polar surface area (TPSA) is 65.2 Å². The number of benzene rings is 2. The molecule has 0 spiro atoms. The predicted octanol–water partition coefficient (Wildman–Crippen LogP) is 7.09. The molecule has 1 fully saturated rings. The summed E-state index contributed by atoms with van der Waals surface area (Å²) in [5.41, 5.74) is 8.05. The lowest BCUT2D eigenvalue weighted by atomic mass is 9.81. The Kier molecular flexibility index (Phi) is 11.1. The van der Waals surface area contributed by atoms with Crippen LogP contribution in [0.2, 0.25) is 0 Å². The van der Waals surface area contributed by atoms with Crippen LogP contribution < -0.4 is 5.84 Å². The molecule has 1 saturated heterocycles. The SMILES string of the molecule is CCC1=C(N=C(C)CCc2ccc(C(=O)N(N)CN3CC(CN(C)C)C3)cc2)C2=CCC(Cl)C=C2C(c2ccccc2F)CC1. The van der Waals surface area contributed by atoms with Gasteiger partial charge in [0, 0.05) is 36.8 Å². The quantitative estimate of drug-likeness (QED) is 0.0945. The summed E-state index contributed by atoms with van der Waals surface area (Å²) < 4.78 is 15.0. The van der Waals surface area contributed by atoms with Crippen molar-refractivity contribution in [1.82, 2.24) is 14.8 Å². The number of nitrogens with two attached hydrogens (primary N) is 1. The first-order valence-corrected chi connectivity index (χ1v) is 16.7. The molecule has 1 heterocycles. The molecule has 240 valence electrons. The fraction of sp³-hybridized carbons (Fsp3) is 0.459. The highest BCUT2D eigenvalue weighted by molar-refractivity contribution is 6.22. The molecule has 0 saturated carbocycles. The number of halogens is 2. The minimum absolute atomic E-state index is 0.0508. The van der Waals surface area contributed by atoms with Gasteiger partial charge in [0.25, 0.3) is 5.91 Å². The van der Waals surface area contributed by atoms with Gasteiger partial charge < -0.3 is 4.90 Å². The van der Waals surface area contributed by atoms with Crippen LogP contribution in [-0.4, -0.2) is 72.2 Å². The number of rotatable bonds is 11. The van der Waals surface area contributed by atoms with Gasteiger partial charge in [-0.2, -0.15) is 0 Å². The molecule has 8 heteroatoms. The lowest BCUT2D eigenvalue weighted by Gasteiger charge is -2.41. The van der Waals surface area contributed by atoms with Crippen LogP contribution in [0.25, 0.3) is 0 Å². The number of fused-ring (bicyclic) bond motifs is 1. The van der Waals surface area contributed by atoms with Crippen LogP contribution in [0.4, 0.5) is 4.39 Å². The van der Waals surface area contributed by atoms with E-state index in [1.165, 1.54) is 10.6 Å². The van der Waals surface area contributed by atoms with Gasteiger partial charge in [-0.3, -0.25) is 19.7 Å². The van der Waals surface area contributed by atoms with Crippen LogP contribution in [0.3, 0.4) is 0 Å². The summed E-state index contributed by atoms with van der Waals surface area (Å²) in [6.07, 6.45) is 9.26. The van der Waals surface area contributed by atoms with Crippen LogP contribution in [0.15, 0.2) is 88.1 Å². The summed E-state index contributed by atoms with van der Waals surface area (Å²) in [5, 5.41) is 1.21. The second-order valence-electron chi connectivity index (χ2n) is 13.0. The second kappa shape index (κ2) is 15.0. The number of nitrogens with zero attached hydrogens (tertiary/aromatic N) is 4. The predicted molar refractivity (Wildman–Crippen MR) is 183 cm³/mol. The van der Waals surface area contributed by atoms with Crippen molar-refractivity contribution < 1.29 is 9.18 Å². The van der Waals surface area contributed by atoms with Crippen molar-refractivity contribution in [3.8, 4) is 0 Å². The molecule has 1 amide bonds. The zero-order valence-corrected chi connectivity index (χ0v) is 27.9. The highest BCUT2D eigenvalue weighted by atomic mass is 35.5. The monoisotopic (exact) mass is 631 g/mol. The molecule has 0 bridgehead atoms. The Morgan fingerprint density at radius 1 is 1.13 bits per heavy atom. The molecule has 0 radical (unpaired) electrons. The molecule has 5 rings (SSSR count). The zero-order chi connectivity index (χ0) is 32.1. The summed E-state index contributed by atoms with van der Waals surface area (Å²) in [7, 11) is 4.17. The molecule has 1 aliphatic heterocycles. The van der Waals surface area contributed by atoms with E-state index in [0.717, 1.165) is 91.8 Å². The van der Waals surface area contributed by atoms with Crippen molar-refractivity contribution in [3.63, 3.8) is 0 Å². The van der Waals surface area contributed by atoms with E-state index in [9.17, 15) is 9.18 Å². The van der Waals surface area contributed by atoms with E-state index in [4.69, 9.17) is 22.4 Å². The van der Waals surface area contributed by atoms with E-state index in [1.807, 2.05) is 36.4 Å². The molecular formula is C37H47ClFN5O. The average Bonchev–Trinajstić information content (AvgIpc) is 3.15. The average molecular weight is 632 g/mol. The third kappa shape index (κ3) is 8.20. The smallest absolute Gasteiger partial charge is 0.269 e. The normalized spacial score (nSPS) is 21.2. The number of aryl methyl sites for hydroxylation is 1. The molecule has 2 aromatic rings. The number of carbonyl (C=O) groups excluding carboxylic acids is 1. The van der Waals surface area contributed by atoms with Crippen molar-refractivity contribution in [3.05, 3.63) is 106 Å². The van der Waals surface area contributed by atoms with Crippen molar-refractivity contribution >= 4 is 23.2 Å². The third-order valence-corrected chi connectivity index (χ3v) is 9.48. The first-order valence-electron chi connectivity index (χ1n) is 16.2. The Hall–Kier alpha value is -3.10. The molecule has 0 aromatic heterocycles. The molecule has 6 nitrogen and oxygen atoms in total. The van der Waals surface area contributed by atoms with Crippen molar-refractivity contribution in [2.24, 2.45) is 16.8 Å². The summed E-state index contributed by atoms with van der Waals surface area (Å²) in [5.74, 6) is 6.39. The van der Waals surface area contributed by atoms with E-state index in [0.29, 0.717) is 18.2 Å². The molecule has 2 atom stereocenters. The molecule has 2 aromatic carbocycles. The number of aliphatic imine (C=N–C) groups is 1. The Bertz CT molecular complexity index is 1490. The fourth-order valence-electron chi connectivity index (χ4n) is 6.84. The number of hydrazine groups is 1. The summed E-state index contributed by atoms with van der Waals surface area (Å²) in [6.45, 7) is 7.68. The Balaban J connectivity index is 1.23. The van der Waals surface area contributed by atoms with Gasteiger partial charge in [0.2, 0.25) is 0 Å². The number of amides is 1. The van der Waals surface area contributed by atoms with Gasteiger partial charge in [-0.25, -0.2) is 10.2 Å². The van der Waals surface area contributed by atoms with Gasteiger partial charge in [-0.05, 0) is 112 Å². The summed E-state index contributed by atoms with van der Waals surface area (Å²) in [4.78, 5) is 22.6. The maximum atomic E-state index is 15.0. The van der Waals surface area contributed by atoms with E-state index in [2.05, 4.69) is 49.9 Å². The number of hydrogen-bond donors (Lipinski definition) is 1. The summed E-state index contributed by atoms with van der Waals surface area (Å²) >= 11 is 6.62. The zero-order valence-electron chi connectivity index (χ0n) is 27.1. The lowest BCUT2D eigenvalue weighted by Crippen LogP contribution is -2.56. The van der Waals surface area contributed by atoms with Crippen molar-refractivity contribution in [2.75, 3.05) is 40.4 Å². The van der Waals surface area contributed by atoms with Gasteiger partial charge in [0.1, 0.15) is 5.82 Å². The van der Waals surface area contributed by atoms with Crippen LogP contribution in [0, 0.1) is 11.7 Å². The standard InChI is InChI=1S/C37H47ClFN5O/c1-5-28-16-18-31(32-8-6-7-9-35(32)39)34-20-30(38)17-19-33(34)36(28)41-25(2)10-11-26-12-14-29(15-13-26)37(45)44(40)24-43-22-27(23-43)21-42(3)4/h6-9,12-15,19-20,27,30-31H,5,10-11,16-18,21-24,40H2,1-4H3. The molecule has 2 N–H and O–H groups in total. The Morgan fingerprint density at radius 3 is 2.56 bits per heavy atom. The highest BCUT2D eigenvalue weighted by Crippen LogP contribution is 2.46. The molecule has 45 heavy (non-hydrogen) atoms. The van der Waals surface area contributed by atoms with Gasteiger partial charge in [0.15, 0.2) is 0 Å². The third-order valence-electron chi connectivity index (χ3n) is 9.17. The molecule has 3 aliphatic rings. The van der Waals surface area contributed by atoms with Crippen LogP contribution in [0.1, 0.15) is 73.4 Å². The maximum Gasteiger partial charge on any atom is 0.269 e. The van der Waals surface area contributed by atoms with E-state index in [1.54, 1.807) is 12.1 Å². The van der Waals surface area contributed by atoms with Gasteiger partial charge >= 0.3 is 0 Å². The fourth-order valence-corrected chi connectivity index (χ4v) is 7.07. The number of likely N-dealkylation sites (tertiary alicyclic amines) is 1. The number of carbonyl (C=O) groups is 1. The van der Waals surface area contributed by atoms with Crippen molar-refractivity contribution in [2.45, 2.75) is 63.7 Å². The number of hydrogen-bond acceptors (Lipinski definition) is 5.